The molecule has 0 aromatic heterocycles. The second-order valence-corrected chi connectivity index (χ2v) is 8.37. The van der Waals surface area contributed by atoms with Crippen molar-refractivity contribution in [2.45, 2.75) is 49.5 Å². The minimum Gasteiger partial charge on any atom is -0.496 e. The second-order valence-electron chi connectivity index (χ2n) is 6.43. The highest BCUT2D eigenvalue weighted by molar-refractivity contribution is 7.89. The third kappa shape index (κ3) is 3.42. The minimum atomic E-state index is -3.55. The van der Waals surface area contributed by atoms with E-state index < -0.39 is 10.0 Å². The molecular formula is C17H24N2O4S. The molecule has 0 unspecified atom stereocenters. The number of methoxy groups -OCH3 is 1. The van der Waals surface area contributed by atoms with E-state index in [9.17, 15) is 13.2 Å². The summed E-state index contributed by atoms with van der Waals surface area (Å²) in [6, 6.07) is 4.68. The Morgan fingerprint density at radius 3 is 2.46 bits per heavy atom. The second kappa shape index (κ2) is 7.11. The fourth-order valence-electron chi connectivity index (χ4n) is 3.44. The van der Waals surface area contributed by atoms with Gasteiger partial charge in [-0.05, 0) is 43.9 Å². The predicted octanol–water partition coefficient (Wildman–Crippen LogP) is 2.15. The molecule has 2 fully saturated rings. The van der Waals surface area contributed by atoms with Gasteiger partial charge >= 0.3 is 0 Å². The molecule has 1 amide bonds. The Hall–Kier alpha value is -1.60. The van der Waals surface area contributed by atoms with Crippen LogP contribution < -0.4 is 10.1 Å². The molecule has 1 aromatic rings. The number of amides is 1. The molecule has 0 atom stereocenters. The number of nitrogens with one attached hydrogen (secondary N) is 1. The van der Waals surface area contributed by atoms with Gasteiger partial charge in [0.05, 0.1) is 17.6 Å². The van der Waals surface area contributed by atoms with Crippen molar-refractivity contribution in [1.82, 2.24) is 9.62 Å². The summed E-state index contributed by atoms with van der Waals surface area (Å²) in [5, 5.41) is 2.99. The molecule has 2 aliphatic rings. The molecule has 0 spiro atoms. The lowest BCUT2D eigenvalue weighted by Crippen LogP contribution is -2.33. The van der Waals surface area contributed by atoms with Crippen molar-refractivity contribution < 1.29 is 17.9 Å². The average molecular weight is 352 g/mol. The molecule has 1 saturated carbocycles. The number of hydrogen-bond donors (Lipinski definition) is 1. The zero-order valence-electron chi connectivity index (χ0n) is 14.0. The largest absolute Gasteiger partial charge is 0.496 e. The van der Waals surface area contributed by atoms with Gasteiger partial charge in [0.2, 0.25) is 10.0 Å². The van der Waals surface area contributed by atoms with E-state index in [0.717, 1.165) is 38.5 Å². The molecule has 0 radical (unpaired) electrons. The van der Waals surface area contributed by atoms with Crippen LogP contribution in [0, 0.1) is 0 Å². The highest BCUT2D eigenvalue weighted by Crippen LogP contribution is 2.27. The average Bonchev–Trinajstić information content (AvgIpc) is 3.27. The number of rotatable bonds is 5. The zero-order chi connectivity index (χ0) is 17.2. The van der Waals surface area contributed by atoms with Crippen molar-refractivity contribution in [3.63, 3.8) is 0 Å². The Balaban J connectivity index is 1.88. The topological polar surface area (TPSA) is 75.7 Å². The number of hydrogen-bond acceptors (Lipinski definition) is 4. The van der Waals surface area contributed by atoms with Crippen LogP contribution >= 0.6 is 0 Å². The zero-order valence-corrected chi connectivity index (χ0v) is 14.8. The Kier molecular flexibility index (Phi) is 5.10. The molecule has 0 bridgehead atoms. The van der Waals surface area contributed by atoms with Gasteiger partial charge < -0.3 is 10.1 Å². The normalized spacial score (nSPS) is 19.5. The maximum absolute atomic E-state index is 12.7. The summed E-state index contributed by atoms with van der Waals surface area (Å²) in [5.41, 5.74) is 0.282. The lowest BCUT2D eigenvalue weighted by atomic mass is 10.1. The summed E-state index contributed by atoms with van der Waals surface area (Å²) in [7, 11) is -2.07. The molecular weight excluding hydrogens is 328 g/mol. The lowest BCUT2D eigenvalue weighted by Gasteiger charge is -2.18. The quantitative estimate of drug-likeness (QED) is 0.881. The maximum atomic E-state index is 12.7. The summed E-state index contributed by atoms with van der Waals surface area (Å²) in [6.07, 6.45) is 5.94. The highest BCUT2D eigenvalue weighted by atomic mass is 32.2. The summed E-state index contributed by atoms with van der Waals surface area (Å²) in [5.74, 6) is 0.128. The number of sulfonamides is 1. The molecule has 6 nitrogen and oxygen atoms in total. The molecule has 1 aliphatic heterocycles. The number of nitrogens with zero attached hydrogens (tertiary/aromatic N) is 1. The Morgan fingerprint density at radius 1 is 1.17 bits per heavy atom. The number of carbonyl (C=O) groups excluding carboxylic acids is 1. The first-order valence-corrected chi connectivity index (χ1v) is 9.95. The molecule has 7 heteroatoms. The van der Waals surface area contributed by atoms with Gasteiger partial charge in [-0.1, -0.05) is 12.8 Å². The smallest absolute Gasteiger partial charge is 0.255 e. The van der Waals surface area contributed by atoms with Gasteiger partial charge in [-0.25, -0.2) is 8.42 Å². The molecule has 24 heavy (non-hydrogen) atoms. The van der Waals surface area contributed by atoms with Crippen molar-refractivity contribution in [3.05, 3.63) is 23.8 Å². The molecule has 1 aromatic carbocycles. The van der Waals surface area contributed by atoms with Crippen LogP contribution in [0.25, 0.3) is 0 Å². The van der Waals surface area contributed by atoms with Crippen LogP contribution in [0.15, 0.2) is 23.1 Å². The lowest BCUT2D eigenvalue weighted by molar-refractivity contribution is 0.0934. The Bertz CT molecular complexity index is 705. The van der Waals surface area contributed by atoms with Crippen molar-refractivity contribution >= 4 is 15.9 Å². The molecule has 1 heterocycles. The molecule has 1 saturated heterocycles. The Morgan fingerprint density at radius 2 is 1.83 bits per heavy atom. The first-order valence-electron chi connectivity index (χ1n) is 8.51. The van der Waals surface area contributed by atoms with E-state index in [1.807, 2.05) is 0 Å². The number of benzene rings is 1. The number of carbonyl (C=O) groups is 1. The minimum absolute atomic E-state index is 0.154. The van der Waals surface area contributed by atoms with E-state index in [4.69, 9.17) is 4.74 Å². The summed E-state index contributed by atoms with van der Waals surface area (Å²) in [6.45, 7) is 1.08. The van der Waals surface area contributed by atoms with E-state index in [0.29, 0.717) is 18.8 Å². The van der Waals surface area contributed by atoms with Gasteiger partial charge in [-0.2, -0.15) is 4.31 Å². The standard InChI is InChI=1S/C17H24N2O4S/c1-23-16-9-8-14(24(21,22)19-10-4-5-11-19)12-15(16)17(20)18-13-6-2-3-7-13/h8-9,12-13H,2-7,10-11H2,1H3,(H,18,20). The maximum Gasteiger partial charge on any atom is 0.255 e. The van der Waals surface area contributed by atoms with Crippen LogP contribution in [-0.4, -0.2) is 44.9 Å². The van der Waals surface area contributed by atoms with Crippen LogP contribution in [0.2, 0.25) is 0 Å². The third-order valence-corrected chi connectivity index (χ3v) is 6.70. The highest BCUT2D eigenvalue weighted by Gasteiger charge is 2.29. The van der Waals surface area contributed by atoms with Crippen molar-refractivity contribution in [1.29, 1.82) is 0 Å². The monoisotopic (exact) mass is 352 g/mol. The van der Waals surface area contributed by atoms with E-state index in [2.05, 4.69) is 5.32 Å². The molecule has 3 rings (SSSR count). The van der Waals surface area contributed by atoms with Gasteiger partial charge in [0, 0.05) is 19.1 Å². The van der Waals surface area contributed by atoms with Crippen LogP contribution in [0.3, 0.4) is 0 Å². The van der Waals surface area contributed by atoms with Crippen molar-refractivity contribution in [2.75, 3.05) is 20.2 Å². The predicted molar refractivity (Wildman–Crippen MR) is 90.7 cm³/mol. The SMILES string of the molecule is COc1ccc(S(=O)(=O)N2CCCC2)cc1C(=O)NC1CCCC1. The van der Waals surface area contributed by atoms with Gasteiger partial charge in [0.25, 0.3) is 5.91 Å². The van der Waals surface area contributed by atoms with Crippen molar-refractivity contribution in [2.24, 2.45) is 0 Å². The molecule has 1 aliphatic carbocycles. The van der Waals surface area contributed by atoms with Crippen LogP contribution in [0.1, 0.15) is 48.9 Å². The van der Waals surface area contributed by atoms with E-state index in [1.54, 1.807) is 6.07 Å². The first-order chi connectivity index (χ1) is 11.5. The van der Waals surface area contributed by atoms with Gasteiger partial charge in [-0.15, -0.1) is 0 Å². The van der Waals surface area contributed by atoms with Crippen LogP contribution in [0.4, 0.5) is 0 Å². The Labute approximate surface area is 143 Å². The van der Waals surface area contributed by atoms with Crippen LogP contribution in [-0.2, 0) is 10.0 Å². The van der Waals surface area contributed by atoms with Gasteiger partial charge in [0.15, 0.2) is 0 Å². The first kappa shape index (κ1) is 17.2. The number of ether oxygens (including phenoxy) is 1. The summed E-state index contributed by atoms with van der Waals surface area (Å²) < 4.78 is 32.1. The van der Waals surface area contributed by atoms with Crippen LogP contribution in [0.5, 0.6) is 5.75 Å². The van der Waals surface area contributed by atoms with Gasteiger partial charge in [-0.3, -0.25) is 4.79 Å². The van der Waals surface area contributed by atoms with E-state index in [1.165, 1.54) is 23.5 Å². The fraction of sp³-hybridized carbons (Fsp3) is 0.588. The summed E-state index contributed by atoms with van der Waals surface area (Å²) >= 11 is 0. The van der Waals surface area contributed by atoms with E-state index >= 15 is 0 Å². The van der Waals surface area contributed by atoms with Crippen molar-refractivity contribution in [3.8, 4) is 5.75 Å². The van der Waals surface area contributed by atoms with Gasteiger partial charge in [0.1, 0.15) is 5.75 Å². The fourth-order valence-corrected chi connectivity index (χ4v) is 4.98. The molecule has 132 valence electrons. The summed E-state index contributed by atoms with van der Waals surface area (Å²) in [4.78, 5) is 12.7. The molecule has 1 N–H and O–H groups in total. The van der Waals surface area contributed by atoms with E-state index in [-0.39, 0.29) is 22.4 Å². The third-order valence-electron chi connectivity index (χ3n) is 4.81.